The molecule has 0 spiro atoms. The van der Waals surface area contributed by atoms with E-state index in [-0.39, 0.29) is 5.97 Å². The number of hydrogen-bond donors (Lipinski definition) is 0. The number of esters is 1. The van der Waals surface area contributed by atoms with E-state index in [9.17, 15) is 4.79 Å². The maximum absolute atomic E-state index is 10.9. The highest BCUT2D eigenvalue weighted by molar-refractivity contribution is 8.32. The molecular formula is C9H18O2S. The Morgan fingerprint density at radius 1 is 1.42 bits per heavy atom. The van der Waals surface area contributed by atoms with Crippen LogP contribution in [-0.2, 0) is 9.53 Å². The fourth-order valence-corrected chi connectivity index (χ4v) is 1.09. The van der Waals surface area contributed by atoms with E-state index in [4.69, 9.17) is 4.74 Å². The first-order valence-corrected chi connectivity index (χ1v) is 6.84. The second-order valence-electron chi connectivity index (χ2n) is 3.71. The molecule has 0 rings (SSSR count). The van der Waals surface area contributed by atoms with Crippen LogP contribution < -0.4 is 0 Å². The molecule has 72 valence electrons. The lowest BCUT2D eigenvalue weighted by molar-refractivity contribution is -0.138. The molecule has 3 heteroatoms. The predicted octanol–water partition coefficient (Wildman–Crippen LogP) is 1.80. The molecule has 0 N–H and O–H groups in total. The van der Waals surface area contributed by atoms with Crippen LogP contribution in [0, 0.1) is 0 Å². The molecule has 0 fully saturated rings. The number of ether oxygens (including phenoxy) is 1. The highest BCUT2D eigenvalue weighted by Crippen LogP contribution is 2.33. The van der Waals surface area contributed by atoms with Crippen molar-refractivity contribution in [3.63, 3.8) is 0 Å². The first kappa shape index (κ1) is 11.6. The van der Waals surface area contributed by atoms with Gasteiger partial charge in [-0.15, -0.1) is 0 Å². The van der Waals surface area contributed by atoms with Crippen LogP contribution >= 0.6 is 10.0 Å². The van der Waals surface area contributed by atoms with Crippen molar-refractivity contribution in [3.05, 3.63) is 12.2 Å². The Kier molecular flexibility index (Phi) is 4.39. The maximum Gasteiger partial charge on any atom is 0.333 e. The van der Waals surface area contributed by atoms with Crippen LogP contribution in [0.25, 0.3) is 0 Å². The lowest BCUT2D eigenvalue weighted by atomic mass is 10.4. The third kappa shape index (κ3) is 6.28. The number of rotatable bonds is 4. The van der Waals surface area contributed by atoms with E-state index in [0.29, 0.717) is 12.2 Å². The van der Waals surface area contributed by atoms with Gasteiger partial charge in [-0.05, 0) is 25.7 Å². The predicted molar refractivity (Wildman–Crippen MR) is 56.0 cm³/mol. The third-order valence-corrected chi connectivity index (χ3v) is 2.67. The van der Waals surface area contributed by atoms with Crippen molar-refractivity contribution >= 4 is 16.0 Å². The van der Waals surface area contributed by atoms with Crippen molar-refractivity contribution in [2.45, 2.75) is 6.92 Å². The Morgan fingerprint density at radius 3 is 2.25 bits per heavy atom. The van der Waals surface area contributed by atoms with Crippen molar-refractivity contribution in [2.75, 3.05) is 31.1 Å². The van der Waals surface area contributed by atoms with E-state index in [2.05, 4.69) is 25.3 Å². The monoisotopic (exact) mass is 190 g/mol. The fourth-order valence-electron chi connectivity index (χ4n) is 0.508. The summed E-state index contributed by atoms with van der Waals surface area (Å²) in [6, 6.07) is 0. The van der Waals surface area contributed by atoms with Gasteiger partial charge in [0.2, 0.25) is 0 Å². The van der Waals surface area contributed by atoms with E-state index in [1.165, 1.54) is 0 Å². The van der Waals surface area contributed by atoms with Gasteiger partial charge in [-0.3, -0.25) is 0 Å². The van der Waals surface area contributed by atoms with Crippen LogP contribution in [0.5, 0.6) is 0 Å². The molecule has 2 nitrogen and oxygen atoms in total. The van der Waals surface area contributed by atoms with E-state index in [0.717, 1.165) is 5.75 Å². The van der Waals surface area contributed by atoms with Gasteiger partial charge in [-0.1, -0.05) is 6.58 Å². The molecule has 0 aromatic carbocycles. The van der Waals surface area contributed by atoms with Crippen LogP contribution in [0.3, 0.4) is 0 Å². The van der Waals surface area contributed by atoms with Gasteiger partial charge in [0.15, 0.2) is 0 Å². The largest absolute Gasteiger partial charge is 0.462 e. The summed E-state index contributed by atoms with van der Waals surface area (Å²) in [6.07, 6.45) is 6.59. The summed E-state index contributed by atoms with van der Waals surface area (Å²) in [6.45, 7) is 5.68. The molecule has 0 aliphatic carbocycles. The molecule has 0 radical (unpaired) electrons. The Bertz CT molecular complexity index is 179. The Hall–Kier alpha value is -0.440. The Balaban J connectivity index is 3.58. The molecule has 0 unspecified atom stereocenters. The molecule has 0 saturated carbocycles. The van der Waals surface area contributed by atoms with E-state index < -0.39 is 10.0 Å². The number of carbonyl (C=O) groups is 1. The van der Waals surface area contributed by atoms with Crippen molar-refractivity contribution in [1.82, 2.24) is 0 Å². The van der Waals surface area contributed by atoms with Crippen molar-refractivity contribution in [1.29, 1.82) is 0 Å². The summed E-state index contributed by atoms with van der Waals surface area (Å²) >= 11 is 0. The summed E-state index contributed by atoms with van der Waals surface area (Å²) in [5.74, 6) is 0.685. The van der Waals surface area contributed by atoms with Crippen LogP contribution in [0.2, 0.25) is 0 Å². The van der Waals surface area contributed by atoms with Gasteiger partial charge in [0.05, 0.1) is 6.61 Å². The van der Waals surface area contributed by atoms with Crippen LogP contribution in [0.4, 0.5) is 0 Å². The zero-order valence-corrected chi connectivity index (χ0v) is 9.16. The topological polar surface area (TPSA) is 26.3 Å². The molecule has 0 heterocycles. The quantitative estimate of drug-likeness (QED) is 0.499. The molecule has 0 aliphatic heterocycles. The van der Waals surface area contributed by atoms with Gasteiger partial charge in [0.1, 0.15) is 0 Å². The molecule has 0 amide bonds. The summed E-state index contributed by atoms with van der Waals surface area (Å²) in [5.41, 5.74) is 0.471. The van der Waals surface area contributed by atoms with Gasteiger partial charge in [0.25, 0.3) is 0 Å². The lowest BCUT2D eigenvalue weighted by Crippen LogP contribution is -2.12. The summed E-state index contributed by atoms with van der Waals surface area (Å²) in [4.78, 5) is 10.9. The van der Waals surface area contributed by atoms with Crippen molar-refractivity contribution in [2.24, 2.45) is 0 Å². The number of carbonyl (C=O) groups excluding carboxylic acids is 1. The summed E-state index contributed by atoms with van der Waals surface area (Å²) < 4.78 is 4.96. The van der Waals surface area contributed by atoms with Gasteiger partial charge in [-0.2, -0.15) is 0 Å². The first-order valence-electron chi connectivity index (χ1n) is 3.81. The minimum absolute atomic E-state index is 0.279. The van der Waals surface area contributed by atoms with Crippen LogP contribution in [-0.4, -0.2) is 37.1 Å². The van der Waals surface area contributed by atoms with Gasteiger partial charge in [0, 0.05) is 11.3 Å². The Labute approximate surface area is 76.3 Å². The number of hydrogen-bond acceptors (Lipinski definition) is 2. The molecule has 0 bridgehead atoms. The molecule has 0 aromatic heterocycles. The second kappa shape index (κ2) is 4.55. The first-order chi connectivity index (χ1) is 5.33. The standard InChI is InChI=1S/C9H18O2S/c1-8(2)9(10)11-6-7-12(3,4)5/h1,6-7H2,2-5H3. The minimum atomic E-state index is -0.552. The normalized spacial score (nSPS) is 12.3. The fraction of sp³-hybridized carbons (Fsp3) is 0.667. The van der Waals surface area contributed by atoms with E-state index in [1.54, 1.807) is 6.92 Å². The molecule has 12 heavy (non-hydrogen) atoms. The van der Waals surface area contributed by atoms with Crippen LogP contribution in [0.15, 0.2) is 12.2 Å². The summed E-state index contributed by atoms with van der Waals surface area (Å²) in [5, 5.41) is 0. The Morgan fingerprint density at radius 2 is 1.92 bits per heavy atom. The molecular weight excluding hydrogens is 172 g/mol. The van der Waals surface area contributed by atoms with Gasteiger partial charge >= 0.3 is 5.97 Å². The van der Waals surface area contributed by atoms with Crippen molar-refractivity contribution < 1.29 is 9.53 Å². The zero-order chi connectivity index (χ0) is 9.78. The average Bonchev–Trinajstić information content (AvgIpc) is 1.84. The smallest absolute Gasteiger partial charge is 0.333 e. The minimum Gasteiger partial charge on any atom is -0.462 e. The second-order valence-corrected chi connectivity index (χ2v) is 8.30. The molecule has 0 saturated heterocycles. The summed E-state index contributed by atoms with van der Waals surface area (Å²) in [7, 11) is -0.552. The van der Waals surface area contributed by atoms with E-state index >= 15 is 0 Å². The third-order valence-electron chi connectivity index (χ3n) is 1.28. The van der Waals surface area contributed by atoms with Crippen molar-refractivity contribution in [3.8, 4) is 0 Å². The van der Waals surface area contributed by atoms with Gasteiger partial charge < -0.3 is 4.74 Å². The molecule has 0 atom stereocenters. The van der Waals surface area contributed by atoms with Crippen LogP contribution in [0.1, 0.15) is 6.92 Å². The highest BCUT2D eigenvalue weighted by Gasteiger charge is 2.06. The average molecular weight is 190 g/mol. The van der Waals surface area contributed by atoms with Gasteiger partial charge in [-0.25, -0.2) is 14.8 Å². The van der Waals surface area contributed by atoms with E-state index in [1.807, 2.05) is 0 Å². The highest BCUT2D eigenvalue weighted by atomic mass is 32.3. The molecule has 0 aliphatic rings. The lowest BCUT2D eigenvalue weighted by Gasteiger charge is -2.24. The maximum atomic E-state index is 10.9. The molecule has 0 aromatic rings. The zero-order valence-electron chi connectivity index (χ0n) is 8.35. The SMILES string of the molecule is C=C(C)C(=O)OCCS(C)(C)C.